The summed E-state index contributed by atoms with van der Waals surface area (Å²) in [6.45, 7) is -0.101. The van der Waals surface area contributed by atoms with Crippen molar-refractivity contribution in [3.63, 3.8) is 0 Å². The first-order valence-corrected chi connectivity index (χ1v) is 5.78. The maximum Gasteiger partial charge on any atom is 0.181 e. The van der Waals surface area contributed by atoms with Gasteiger partial charge in [0.1, 0.15) is 5.69 Å². The summed E-state index contributed by atoms with van der Waals surface area (Å²) in [6, 6.07) is 8.12. The number of rotatable bonds is 2. The highest BCUT2D eigenvalue weighted by molar-refractivity contribution is 7.17. The van der Waals surface area contributed by atoms with Gasteiger partial charge < -0.3 is 9.52 Å². The van der Waals surface area contributed by atoms with Gasteiger partial charge in [-0.3, -0.25) is 0 Å². The Bertz CT molecular complexity index is 627. The van der Waals surface area contributed by atoms with E-state index < -0.39 is 0 Å². The van der Waals surface area contributed by atoms with Crippen molar-refractivity contribution in [3.05, 3.63) is 41.7 Å². The summed E-state index contributed by atoms with van der Waals surface area (Å²) in [6.07, 6.45) is 1.37. The van der Waals surface area contributed by atoms with Crippen LogP contribution >= 0.6 is 11.3 Å². The van der Waals surface area contributed by atoms with Gasteiger partial charge >= 0.3 is 0 Å². The van der Waals surface area contributed by atoms with Gasteiger partial charge in [-0.2, -0.15) is 0 Å². The molecule has 0 aliphatic heterocycles. The summed E-state index contributed by atoms with van der Waals surface area (Å²) in [5.41, 5.74) is 1.59. The fraction of sp³-hybridized carbons (Fsp3) is 0.0833. The number of oxazole rings is 1. The second kappa shape index (κ2) is 3.73. The van der Waals surface area contributed by atoms with Crippen LogP contribution in [0.5, 0.6) is 0 Å². The zero-order valence-electron chi connectivity index (χ0n) is 8.38. The van der Waals surface area contributed by atoms with Gasteiger partial charge in [-0.05, 0) is 6.07 Å². The molecule has 0 bridgehead atoms. The van der Waals surface area contributed by atoms with Crippen molar-refractivity contribution in [1.29, 1.82) is 0 Å². The molecule has 0 spiro atoms. The minimum atomic E-state index is -0.101. The molecule has 0 fully saturated rings. The molecule has 3 rings (SSSR count). The summed E-state index contributed by atoms with van der Waals surface area (Å²) >= 11 is 1.66. The second-order valence-electron chi connectivity index (χ2n) is 3.43. The Labute approximate surface area is 96.0 Å². The standard InChI is InChI=1S/C12H9NO2S/c14-5-10-12(15-7-13-10)9-6-16-11-4-2-1-3-8(9)11/h1-4,6-7,14H,5H2. The van der Waals surface area contributed by atoms with E-state index in [0.717, 1.165) is 10.9 Å². The largest absolute Gasteiger partial charge is 0.443 e. The molecule has 3 aromatic rings. The lowest BCUT2D eigenvalue weighted by atomic mass is 10.1. The minimum Gasteiger partial charge on any atom is -0.443 e. The number of hydrogen-bond acceptors (Lipinski definition) is 4. The third-order valence-corrected chi connectivity index (χ3v) is 3.48. The van der Waals surface area contributed by atoms with Crippen molar-refractivity contribution in [2.45, 2.75) is 6.61 Å². The van der Waals surface area contributed by atoms with Gasteiger partial charge in [-0.1, -0.05) is 18.2 Å². The molecule has 2 aromatic heterocycles. The van der Waals surface area contributed by atoms with Crippen molar-refractivity contribution >= 4 is 21.4 Å². The number of hydrogen-bond donors (Lipinski definition) is 1. The second-order valence-corrected chi connectivity index (χ2v) is 4.34. The number of fused-ring (bicyclic) bond motifs is 1. The summed E-state index contributed by atoms with van der Waals surface area (Å²) in [5.74, 6) is 0.667. The number of benzene rings is 1. The molecule has 0 amide bonds. The van der Waals surface area contributed by atoms with E-state index >= 15 is 0 Å². The molecule has 4 heteroatoms. The van der Waals surface area contributed by atoms with Gasteiger partial charge in [0, 0.05) is 21.0 Å². The van der Waals surface area contributed by atoms with Crippen LogP contribution in [0.3, 0.4) is 0 Å². The highest BCUT2D eigenvalue weighted by Gasteiger charge is 2.13. The molecule has 3 nitrogen and oxygen atoms in total. The van der Waals surface area contributed by atoms with E-state index in [1.165, 1.54) is 11.1 Å². The number of aromatic nitrogens is 1. The zero-order valence-corrected chi connectivity index (χ0v) is 9.20. The van der Waals surface area contributed by atoms with Crippen molar-refractivity contribution in [3.8, 4) is 11.3 Å². The van der Waals surface area contributed by atoms with E-state index in [-0.39, 0.29) is 6.61 Å². The quantitative estimate of drug-likeness (QED) is 0.737. The average molecular weight is 231 g/mol. The highest BCUT2D eigenvalue weighted by atomic mass is 32.1. The fourth-order valence-corrected chi connectivity index (χ4v) is 2.70. The molecule has 1 N–H and O–H groups in total. The maximum atomic E-state index is 9.16. The van der Waals surface area contributed by atoms with E-state index in [4.69, 9.17) is 9.52 Å². The van der Waals surface area contributed by atoms with Crippen LogP contribution in [0.1, 0.15) is 5.69 Å². The summed E-state index contributed by atoms with van der Waals surface area (Å²) in [4.78, 5) is 3.99. The van der Waals surface area contributed by atoms with E-state index in [1.54, 1.807) is 11.3 Å². The van der Waals surface area contributed by atoms with Gasteiger partial charge in [0.25, 0.3) is 0 Å². The lowest BCUT2D eigenvalue weighted by Crippen LogP contribution is -1.85. The third kappa shape index (κ3) is 1.35. The fourth-order valence-electron chi connectivity index (χ4n) is 1.75. The predicted octanol–water partition coefficient (Wildman–Crippen LogP) is 3.05. The average Bonchev–Trinajstić information content (AvgIpc) is 2.94. The molecule has 2 heterocycles. The topological polar surface area (TPSA) is 46.3 Å². The Balaban J connectivity index is 2.26. The molecule has 0 unspecified atom stereocenters. The van der Waals surface area contributed by atoms with Crippen molar-refractivity contribution in [2.75, 3.05) is 0 Å². The Morgan fingerprint density at radius 2 is 2.19 bits per heavy atom. The molecule has 1 aromatic carbocycles. The summed E-state index contributed by atoms with van der Waals surface area (Å²) in [7, 11) is 0. The Kier molecular flexibility index (Phi) is 2.23. The first-order valence-electron chi connectivity index (χ1n) is 4.90. The van der Waals surface area contributed by atoms with Crippen LogP contribution in [0, 0.1) is 0 Å². The molecule has 0 radical (unpaired) electrons. The molecular weight excluding hydrogens is 222 g/mol. The monoisotopic (exact) mass is 231 g/mol. The molecule has 16 heavy (non-hydrogen) atoms. The van der Waals surface area contributed by atoms with E-state index in [1.807, 2.05) is 23.6 Å². The molecule has 0 saturated heterocycles. The lowest BCUT2D eigenvalue weighted by molar-refractivity contribution is 0.277. The van der Waals surface area contributed by atoms with Gasteiger partial charge in [0.05, 0.1) is 6.61 Å². The van der Waals surface area contributed by atoms with Crippen molar-refractivity contribution < 1.29 is 9.52 Å². The first-order chi connectivity index (χ1) is 7.90. The Hall–Kier alpha value is -1.65. The van der Waals surface area contributed by atoms with Crippen LogP contribution in [-0.4, -0.2) is 10.1 Å². The van der Waals surface area contributed by atoms with Gasteiger partial charge in [-0.25, -0.2) is 4.98 Å². The molecule has 0 atom stereocenters. The van der Waals surface area contributed by atoms with Crippen LogP contribution in [0.4, 0.5) is 0 Å². The van der Waals surface area contributed by atoms with Crippen LogP contribution < -0.4 is 0 Å². The number of aliphatic hydroxyl groups excluding tert-OH is 1. The maximum absolute atomic E-state index is 9.16. The van der Waals surface area contributed by atoms with E-state index in [9.17, 15) is 0 Å². The predicted molar refractivity (Wildman–Crippen MR) is 63.2 cm³/mol. The molecule has 0 aliphatic rings. The molecule has 0 saturated carbocycles. The van der Waals surface area contributed by atoms with Crippen molar-refractivity contribution in [1.82, 2.24) is 4.98 Å². The number of aliphatic hydroxyl groups is 1. The summed E-state index contributed by atoms with van der Waals surface area (Å²) < 4.78 is 6.55. The zero-order chi connectivity index (χ0) is 11.0. The lowest BCUT2D eigenvalue weighted by Gasteiger charge is -1.96. The minimum absolute atomic E-state index is 0.101. The molecule has 80 valence electrons. The Morgan fingerprint density at radius 1 is 1.31 bits per heavy atom. The third-order valence-electron chi connectivity index (χ3n) is 2.52. The molecular formula is C12H9NO2S. The van der Waals surface area contributed by atoms with Gasteiger partial charge in [0.2, 0.25) is 0 Å². The van der Waals surface area contributed by atoms with Gasteiger partial charge in [-0.15, -0.1) is 11.3 Å². The van der Waals surface area contributed by atoms with Crippen LogP contribution in [0.15, 0.2) is 40.5 Å². The highest BCUT2D eigenvalue weighted by Crippen LogP contribution is 2.35. The van der Waals surface area contributed by atoms with Crippen LogP contribution in [-0.2, 0) is 6.61 Å². The Morgan fingerprint density at radius 3 is 3.06 bits per heavy atom. The van der Waals surface area contributed by atoms with Crippen molar-refractivity contribution in [2.24, 2.45) is 0 Å². The smallest absolute Gasteiger partial charge is 0.181 e. The normalized spacial score (nSPS) is 11.1. The SMILES string of the molecule is OCc1ncoc1-c1csc2ccccc12. The van der Waals surface area contributed by atoms with Crippen LogP contribution in [0.25, 0.3) is 21.4 Å². The van der Waals surface area contributed by atoms with E-state index in [2.05, 4.69) is 11.1 Å². The molecule has 0 aliphatic carbocycles. The number of nitrogens with zero attached hydrogens (tertiary/aromatic N) is 1. The van der Waals surface area contributed by atoms with Gasteiger partial charge in [0.15, 0.2) is 12.2 Å². The first kappa shape index (κ1) is 9.57. The van der Waals surface area contributed by atoms with E-state index in [0.29, 0.717) is 11.5 Å². The van der Waals surface area contributed by atoms with Crippen LogP contribution in [0.2, 0.25) is 0 Å². The summed E-state index contributed by atoms with van der Waals surface area (Å²) in [5, 5.41) is 12.3. The number of thiophene rings is 1.